The van der Waals surface area contributed by atoms with Crippen molar-refractivity contribution in [2.24, 2.45) is 0 Å². The number of aromatic nitrogens is 1. The van der Waals surface area contributed by atoms with E-state index in [-0.39, 0.29) is 17.6 Å². The van der Waals surface area contributed by atoms with Gasteiger partial charge in [-0.05, 0) is 48.5 Å². The maximum absolute atomic E-state index is 12.0. The Morgan fingerprint density at radius 1 is 1.04 bits per heavy atom. The van der Waals surface area contributed by atoms with Crippen LogP contribution in [0.1, 0.15) is 16.3 Å². The van der Waals surface area contributed by atoms with Crippen LogP contribution in [0.25, 0.3) is 16.3 Å². The fraction of sp³-hybridized carbons (Fsp3) is 0. The molecule has 2 amide bonds. The summed E-state index contributed by atoms with van der Waals surface area (Å²) in [6.45, 7) is 0. The lowest BCUT2D eigenvalue weighted by Gasteiger charge is -2.01. The molecule has 3 aromatic heterocycles. The van der Waals surface area contributed by atoms with Crippen molar-refractivity contribution in [3.8, 4) is 0 Å². The quantitative estimate of drug-likeness (QED) is 0.501. The molecule has 8 heteroatoms. The monoisotopic (exact) mass is 379 g/mol. The third kappa shape index (κ3) is 3.96. The number of anilines is 2. The second-order valence-electron chi connectivity index (χ2n) is 5.47. The van der Waals surface area contributed by atoms with Crippen molar-refractivity contribution in [3.05, 3.63) is 72.6 Å². The first-order valence-corrected chi connectivity index (χ1v) is 8.77. The maximum Gasteiger partial charge on any atom is 0.293 e. The number of rotatable bonds is 5. The number of hydrogen-bond acceptors (Lipinski definition) is 6. The van der Waals surface area contributed by atoms with Gasteiger partial charge < -0.3 is 14.2 Å². The number of carbonyl (C=O) groups is 2. The highest BCUT2D eigenvalue weighted by molar-refractivity contribution is 7.22. The van der Waals surface area contributed by atoms with Gasteiger partial charge in [0.25, 0.3) is 5.91 Å². The summed E-state index contributed by atoms with van der Waals surface area (Å²) in [6.07, 6.45) is 5.95. The van der Waals surface area contributed by atoms with Crippen LogP contribution in [0.4, 0.5) is 10.8 Å². The second-order valence-corrected chi connectivity index (χ2v) is 6.50. The van der Waals surface area contributed by atoms with Gasteiger partial charge in [-0.25, -0.2) is 4.98 Å². The molecule has 27 heavy (non-hydrogen) atoms. The lowest BCUT2D eigenvalue weighted by molar-refractivity contribution is -0.111. The third-order valence-electron chi connectivity index (χ3n) is 3.56. The van der Waals surface area contributed by atoms with Gasteiger partial charge in [-0.15, -0.1) is 0 Å². The van der Waals surface area contributed by atoms with Gasteiger partial charge in [-0.3, -0.25) is 14.9 Å². The van der Waals surface area contributed by atoms with Gasteiger partial charge in [0.1, 0.15) is 5.76 Å². The zero-order chi connectivity index (χ0) is 18.6. The summed E-state index contributed by atoms with van der Waals surface area (Å²) in [4.78, 5) is 28.4. The number of furan rings is 2. The minimum atomic E-state index is -0.365. The van der Waals surface area contributed by atoms with E-state index in [9.17, 15) is 9.59 Å². The van der Waals surface area contributed by atoms with Crippen LogP contribution in [-0.2, 0) is 4.79 Å². The van der Waals surface area contributed by atoms with E-state index in [2.05, 4.69) is 15.6 Å². The van der Waals surface area contributed by atoms with E-state index in [1.165, 1.54) is 29.9 Å². The number of benzene rings is 1. The Morgan fingerprint density at radius 2 is 1.89 bits per heavy atom. The van der Waals surface area contributed by atoms with Crippen molar-refractivity contribution in [3.63, 3.8) is 0 Å². The number of nitrogens with one attached hydrogen (secondary N) is 2. The largest absolute Gasteiger partial charge is 0.465 e. The standard InChI is InChI=1S/C19H13N3O4S/c23-17(8-6-13-3-1-9-25-13)20-12-5-7-14-16(11-12)27-19(21-14)22-18(24)15-4-2-10-26-15/h1-11H,(H,20,23)(H,21,22,24)/b8-6+. The van der Waals surface area contributed by atoms with Crippen LogP contribution in [0.5, 0.6) is 0 Å². The Morgan fingerprint density at radius 3 is 2.67 bits per heavy atom. The van der Waals surface area contributed by atoms with Gasteiger partial charge in [-0.2, -0.15) is 0 Å². The first-order chi connectivity index (χ1) is 13.2. The van der Waals surface area contributed by atoms with Gasteiger partial charge in [0, 0.05) is 11.8 Å². The minimum absolute atomic E-state index is 0.213. The zero-order valence-electron chi connectivity index (χ0n) is 13.8. The predicted molar refractivity (Wildman–Crippen MR) is 103 cm³/mol. The number of hydrogen-bond donors (Lipinski definition) is 2. The van der Waals surface area contributed by atoms with Gasteiger partial charge in [-0.1, -0.05) is 11.3 Å². The second kappa shape index (κ2) is 7.30. The molecular formula is C19H13N3O4S. The molecule has 0 unspecified atom stereocenters. The number of fused-ring (bicyclic) bond motifs is 1. The summed E-state index contributed by atoms with van der Waals surface area (Å²) in [5.41, 5.74) is 1.35. The molecule has 1 aromatic carbocycles. The Labute approximate surface area is 157 Å². The topological polar surface area (TPSA) is 97.4 Å². The fourth-order valence-electron chi connectivity index (χ4n) is 2.35. The van der Waals surface area contributed by atoms with Crippen molar-refractivity contribution >= 4 is 50.3 Å². The van der Waals surface area contributed by atoms with Crippen molar-refractivity contribution in [1.29, 1.82) is 0 Å². The zero-order valence-corrected chi connectivity index (χ0v) is 14.7. The van der Waals surface area contributed by atoms with Crippen LogP contribution in [-0.4, -0.2) is 16.8 Å². The number of thiazole rings is 1. The van der Waals surface area contributed by atoms with E-state index >= 15 is 0 Å². The molecule has 0 aliphatic rings. The lowest BCUT2D eigenvalue weighted by atomic mass is 10.3. The van der Waals surface area contributed by atoms with Crippen LogP contribution in [0, 0.1) is 0 Å². The molecule has 0 aliphatic carbocycles. The molecule has 0 aliphatic heterocycles. The Kier molecular flexibility index (Phi) is 4.54. The highest BCUT2D eigenvalue weighted by Crippen LogP contribution is 2.28. The summed E-state index contributed by atoms with van der Waals surface area (Å²) >= 11 is 1.31. The molecule has 0 saturated heterocycles. The normalized spacial score (nSPS) is 11.1. The van der Waals surface area contributed by atoms with Crippen LogP contribution in [0.2, 0.25) is 0 Å². The lowest BCUT2D eigenvalue weighted by Crippen LogP contribution is -2.10. The molecule has 4 aromatic rings. The molecule has 0 fully saturated rings. The smallest absolute Gasteiger partial charge is 0.293 e. The molecular weight excluding hydrogens is 366 g/mol. The molecule has 0 radical (unpaired) electrons. The van der Waals surface area contributed by atoms with Crippen molar-refractivity contribution in [1.82, 2.24) is 4.98 Å². The molecule has 0 spiro atoms. The molecule has 3 heterocycles. The average Bonchev–Trinajstić information content (AvgIpc) is 3.40. The first-order valence-electron chi connectivity index (χ1n) is 7.95. The number of amides is 2. The highest BCUT2D eigenvalue weighted by atomic mass is 32.1. The van der Waals surface area contributed by atoms with Crippen molar-refractivity contribution in [2.45, 2.75) is 0 Å². The molecule has 4 rings (SSSR count). The summed E-state index contributed by atoms with van der Waals surface area (Å²) < 4.78 is 11.0. The molecule has 0 atom stereocenters. The summed E-state index contributed by atoms with van der Waals surface area (Å²) in [5.74, 6) is 0.169. The SMILES string of the molecule is O=C(/C=C/c1ccco1)Nc1ccc2nc(NC(=O)c3ccco3)sc2c1. The Balaban J connectivity index is 1.46. The van der Waals surface area contributed by atoms with E-state index < -0.39 is 0 Å². The predicted octanol–water partition coefficient (Wildman–Crippen LogP) is 4.39. The third-order valence-corrected chi connectivity index (χ3v) is 4.50. The Bertz CT molecular complexity index is 1110. The Hall–Kier alpha value is -3.65. The molecule has 2 N–H and O–H groups in total. The summed E-state index contributed by atoms with van der Waals surface area (Å²) in [5, 5.41) is 5.93. The fourth-order valence-corrected chi connectivity index (χ4v) is 3.25. The van der Waals surface area contributed by atoms with Gasteiger partial charge in [0.2, 0.25) is 5.91 Å². The van der Waals surface area contributed by atoms with E-state index in [0.29, 0.717) is 16.6 Å². The van der Waals surface area contributed by atoms with E-state index in [1.54, 1.807) is 48.5 Å². The molecule has 7 nitrogen and oxygen atoms in total. The molecule has 0 saturated carbocycles. The average molecular weight is 379 g/mol. The highest BCUT2D eigenvalue weighted by Gasteiger charge is 2.12. The first kappa shape index (κ1) is 16.8. The van der Waals surface area contributed by atoms with Crippen LogP contribution < -0.4 is 10.6 Å². The van der Waals surface area contributed by atoms with Gasteiger partial charge in [0.05, 0.1) is 22.7 Å². The minimum Gasteiger partial charge on any atom is -0.465 e. The van der Waals surface area contributed by atoms with E-state index in [0.717, 1.165) is 10.2 Å². The van der Waals surface area contributed by atoms with Crippen molar-refractivity contribution in [2.75, 3.05) is 10.6 Å². The summed E-state index contributed by atoms with van der Waals surface area (Å²) in [7, 11) is 0. The maximum atomic E-state index is 12.0. The summed E-state index contributed by atoms with van der Waals surface area (Å²) in [6, 6.07) is 12.0. The van der Waals surface area contributed by atoms with Gasteiger partial charge >= 0.3 is 0 Å². The van der Waals surface area contributed by atoms with Crippen LogP contribution in [0.3, 0.4) is 0 Å². The number of carbonyl (C=O) groups excluding carboxylic acids is 2. The van der Waals surface area contributed by atoms with E-state index in [4.69, 9.17) is 8.83 Å². The number of nitrogens with zero attached hydrogens (tertiary/aromatic N) is 1. The van der Waals surface area contributed by atoms with Crippen LogP contribution >= 0.6 is 11.3 Å². The van der Waals surface area contributed by atoms with Gasteiger partial charge in [0.15, 0.2) is 10.9 Å². The molecule has 134 valence electrons. The molecule has 0 bridgehead atoms. The van der Waals surface area contributed by atoms with Crippen LogP contribution in [0.15, 0.2) is 69.9 Å². The van der Waals surface area contributed by atoms with E-state index in [1.807, 2.05) is 0 Å². The van der Waals surface area contributed by atoms with Crippen molar-refractivity contribution < 1.29 is 18.4 Å².